The molecule has 25 heavy (non-hydrogen) atoms. The molecule has 0 aromatic heterocycles. The number of hydrogen-bond donors (Lipinski definition) is 1. The Balaban J connectivity index is 1.62. The molecular formula is C22H28BrNO. The molecule has 1 fully saturated rings. The van der Waals surface area contributed by atoms with Gasteiger partial charge in [-0.1, -0.05) is 59.3 Å². The van der Waals surface area contributed by atoms with Gasteiger partial charge >= 0.3 is 0 Å². The highest BCUT2D eigenvalue weighted by Crippen LogP contribution is 2.29. The lowest BCUT2D eigenvalue weighted by Gasteiger charge is -2.33. The second-order valence-corrected chi connectivity index (χ2v) is 8.55. The topological polar surface area (TPSA) is 23.5 Å². The molecule has 1 saturated heterocycles. The lowest BCUT2D eigenvalue weighted by molar-refractivity contribution is 0.0320. The number of piperidine rings is 1. The lowest BCUT2D eigenvalue weighted by atomic mass is 9.90. The third-order valence-corrected chi connectivity index (χ3v) is 6.00. The second kappa shape index (κ2) is 8.03. The van der Waals surface area contributed by atoms with Crippen LogP contribution in [0.1, 0.15) is 38.7 Å². The number of rotatable bonds is 5. The Morgan fingerprint density at radius 1 is 1.00 bits per heavy atom. The van der Waals surface area contributed by atoms with Crippen LogP contribution < -0.4 is 0 Å². The van der Waals surface area contributed by atoms with Gasteiger partial charge in [0, 0.05) is 11.0 Å². The molecule has 1 unspecified atom stereocenters. The van der Waals surface area contributed by atoms with Crippen LogP contribution in [0, 0.1) is 5.92 Å². The Hall–Kier alpha value is -1.16. The van der Waals surface area contributed by atoms with Crippen molar-refractivity contribution in [3.63, 3.8) is 0 Å². The molecule has 1 atom stereocenters. The summed E-state index contributed by atoms with van der Waals surface area (Å²) >= 11 is 3.47. The van der Waals surface area contributed by atoms with E-state index in [1.54, 1.807) is 0 Å². The predicted octanol–water partition coefficient (Wildman–Crippen LogP) is 5.45. The van der Waals surface area contributed by atoms with Crippen LogP contribution in [0.4, 0.5) is 0 Å². The monoisotopic (exact) mass is 401 g/mol. The summed E-state index contributed by atoms with van der Waals surface area (Å²) in [5.74, 6) is 0.850. The van der Waals surface area contributed by atoms with Crippen molar-refractivity contribution in [2.45, 2.75) is 38.7 Å². The molecule has 2 aromatic rings. The van der Waals surface area contributed by atoms with E-state index in [9.17, 15) is 5.11 Å². The molecule has 3 heteroatoms. The molecule has 0 aliphatic carbocycles. The van der Waals surface area contributed by atoms with E-state index in [1.165, 1.54) is 37.1 Å². The Labute approximate surface area is 160 Å². The van der Waals surface area contributed by atoms with Gasteiger partial charge in [-0.25, -0.2) is 0 Å². The zero-order valence-electron chi connectivity index (χ0n) is 15.2. The average Bonchev–Trinajstić information content (AvgIpc) is 2.62. The molecule has 0 amide bonds. The van der Waals surface area contributed by atoms with Crippen molar-refractivity contribution in [3.05, 3.63) is 58.6 Å². The molecule has 1 aliphatic rings. The standard InChI is InChI=1S/C22H28BrNO/c1-17-11-14-24(15-12-17)16-13-22(2,25)20-7-3-18(4-8-20)19-5-9-21(23)10-6-19/h3-10,17,25H,11-16H2,1-2H3. The Bertz CT molecular complexity index is 670. The van der Waals surface area contributed by atoms with Crippen LogP contribution in [0.25, 0.3) is 11.1 Å². The van der Waals surface area contributed by atoms with Crippen LogP contribution >= 0.6 is 15.9 Å². The molecule has 1 N–H and O–H groups in total. The molecule has 1 aliphatic heterocycles. The normalized spacial score (nSPS) is 18.9. The first-order valence-electron chi connectivity index (χ1n) is 9.25. The van der Waals surface area contributed by atoms with E-state index < -0.39 is 5.60 Å². The van der Waals surface area contributed by atoms with E-state index in [0.29, 0.717) is 0 Å². The van der Waals surface area contributed by atoms with E-state index in [4.69, 9.17) is 0 Å². The van der Waals surface area contributed by atoms with Gasteiger partial charge in [-0.2, -0.15) is 0 Å². The summed E-state index contributed by atoms with van der Waals surface area (Å²) in [6, 6.07) is 16.7. The van der Waals surface area contributed by atoms with Crippen LogP contribution in [-0.4, -0.2) is 29.6 Å². The smallest absolute Gasteiger partial charge is 0.0880 e. The van der Waals surface area contributed by atoms with Crippen molar-refractivity contribution in [2.24, 2.45) is 5.92 Å². The average molecular weight is 402 g/mol. The highest BCUT2D eigenvalue weighted by atomic mass is 79.9. The predicted molar refractivity (Wildman–Crippen MR) is 109 cm³/mol. The van der Waals surface area contributed by atoms with Gasteiger partial charge in [0.15, 0.2) is 0 Å². The van der Waals surface area contributed by atoms with Gasteiger partial charge in [0.25, 0.3) is 0 Å². The maximum Gasteiger partial charge on any atom is 0.0880 e. The molecule has 2 nitrogen and oxygen atoms in total. The summed E-state index contributed by atoms with van der Waals surface area (Å²) < 4.78 is 1.09. The summed E-state index contributed by atoms with van der Waals surface area (Å²) in [6.45, 7) is 7.57. The maximum absolute atomic E-state index is 10.9. The van der Waals surface area contributed by atoms with Gasteiger partial charge in [-0.15, -0.1) is 0 Å². The molecular weight excluding hydrogens is 374 g/mol. The van der Waals surface area contributed by atoms with Crippen molar-refractivity contribution in [3.8, 4) is 11.1 Å². The molecule has 0 spiro atoms. The van der Waals surface area contributed by atoms with Crippen molar-refractivity contribution >= 4 is 15.9 Å². The van der Waals surface area contributed by atoms with Gasteiger partial charge in [0.1, 0.15) is 0 Å². The highest BCUT2D eigenvalue weighted by molar-refractivity contribution is 9.10. The van der Waals surface area contributed by atoms with Gasteiger partial charge in [-0.05, 0) is 74.0 Å². The summed E-state index contributed by atoms with van der Waals surface area (Å²) in [7, 11) is 0. The maximum atomic E-state index is 10.9. The highest BCUT2D eigenvalue weighted by Gasteiger charge is 2.25. The fourth-order valence-electron chi connectivity index (χ4n) is 3.47. The molecule has 0 bridgehead atoms. The molecule has 0 radical (unpaired) electrons. The van der Waals surface area contributed by atoms with Crippen molar-refractivity contribution in [1.82, 2.24) is 4.90 Å². The minimum Gasteiger partial charge on any atom is -0.385 e. The van der Waals surface area contributed by atoms with Crippen LogP contribution in [0.15, 0.2) is 53.0 Å². The van der Waals surface area contributed by atoms with Crippen LogP contribution in [0.3, 0.4) is 0 Å². The molecule has 1 heterocycles. The molecule has 2 aromatic carbocycles. The Morgan fingerprint density at radius 3 is 2.08 bits per heavy atom. The first-order valence-corrected chi connectivity index (χ1v) is 10.0. The molecule has 3 rings (SSSR count). The van der Waals surface area contributed by atoms with Crippen molar-refractivity contribution in [1.29, 1.82) is 0 Å². The van der Waals surface area contributed by atoms with E-state index in [-0.39, 0.29) is 0 Å². The molecule has 0 saturated carbocycles. The summed E-state index contributed by atoms with van der Waals surface area (Å²) in [6.07, 6.45) is 3.34. The van der Waals surface area contributed by atoms with Crippen LogP contribution in [0.2, 0.25) is 0 Å². The second-order valence-electron chi connectivity index (χ2n) is 7.63. The van der Waals surface area contributed by atoms with E-state index in [1.807, 2.05) is 6.92 Å². The largest absolute Gasteiger partial charge is 0.385 e. The quantitative estimate of drug-likeness (QED) is 0.719. The van der Waals surface area contributed by atoms with E-state index >= 15 is 0 Å². The Kier molecular flexibility index (Phi) is 5.98. The van der Waals surface area contributed by atoms with Gasteiger partial charge < -0.3 is 10.0 Å². The first-order chi connectivity index (χ1) is 11.9. The summed E-state index contributed by atoms with van der Waals surface area (Å²) in [5, 5.41) is 10.9. The fourth-order valence-corrected chi connectivity index (χ4v) is 3.73. The molecule has 134 valence electrons. The zero-order valence-corrected chi connectivity index (χ0v) is 16.8. The lowest BCUT2D eigenvalue weighted by Crippen LogP contribution is -2.36. The number of likely N-dealkylation sites (tertiary alicyclic amines) is 1. The minimum absolute atomic E-state index is 0.776. The van der Waals surface area contributed by atoms with Gasteiger partial charge in [-0.3, -0.25) is 0 Å². The third-order valence-electron chi connectivity index (χ3n) is 5.48. The van der Waals surface area contributed by atoms with Crippen molar-refractivity contribution < 1.29 is 5.11 Å². The van der Waals surface area contributed by atoms with Crippen LogP contribution in [0.5, 0.6) is 0 Å². The van der Waals surface area contributed by atoms with E-state index in [0.717, 1.165) is 28.9 Å². The van der Waals surface area contributed by atoms with Crippen LogP contribution in [-0.2, 0) is 5.60 Å². The summed E-state index contributed by atoms with van der Waals surface area (Å²) in [4.78, 5) is 2.49. The summed E-state index contributed by atoms with van der Waals surface area (Å²) in [5.41, 5.74) is 2.59. The van der Waals surface area contributed by atoms with Crippen molar-refractivity contribution in [2.75, 3.05) is 19.6 Å². The minimum atomic E-state index is -0.776. The SMILES string of the molecule is CC1CCN(CCC(C)(O)c2ccc(-c3ccc(Br)cc3)cc2)CC1. The number of hydrogen-bond acceptors (Lipinski definition) is 2. The zero-order chi connectivity index (χ0) is 17.9. The Morgan fingerprint density at radius 2 is 1.52 bits per heavy atom. The van der Waals surface area contributed by atoms with Gasteiger partial charge in [0.2, 0.25) is 0 Å². The van der Waals surface area contributed by atoms with Gasteiger partial charge in [0.05, 0.1) is 5.60 Å². The number of nitrogens with zero attached hydrogens (tertiary/aromatic N) is 1. The number of benzene rings is 2. The number of halogens is 1. The number of aliphatic hydroxyl groups is 1. The third kappa shape index (κ3) is 4.93. The fraction of sp³-hybridized carbons (Fsp3) is 0.455. The van der Waals surface area contributed by atoms with E-state index in [2.05, 4.69) is 76.3 Å². The first kappa shape index (κ1) is 18.6.